The normalized spacial score (nSPS) is 11.2. The summed E-state index contributed by atoms with van der Waals surface area (Å²) in [5, 5.41) is 11.1. The van der Waals surface area contributed by atoms with Crippen LogP contribution in [-0.4, -0.2) is 45.7 Å². The highest BCUT2D eigenvalue weighted by molar-refractivity contribution is 6.16. The Hall–Kier alpha value is -3.88. The van der Waals surface area contributed by atoms with Gasteiger partial charge >= 0.3 is 5.97 Å². The van der Waals surface area contributed by atoms with Gasteiger partial charge in [-0.15, -0.1) is 5.10 Å². The zero-order valence-corrected chi connectivity index (χ0v) is 15.7. The van der Waals surface area contributed by atoms with Crippen molar-refractivity contribution in [2.24, 2.45) is 0 Å². The third-order valence-corrected chi connectivity index (χ3v) is 3.97. The number of halogens is 1. The van der Waals surface area contributed by atoms with Gasteiger partial charge in [0.1, 0.15) is 0 Å². The highest BCUT2D eigenvalue weighted by Gasteiger charge is 2.20. The summed E-state index contributed by atoms with van der Waals surface area (Å²) in [6.07, 6.45) is 1.54. The smallest absolute Gasteiger partial charge is 0.357 e. The second kappa shape index (κ2) is 8.87. The van der Waals surface area contributed by atoms with Gasteiger partial charge in [0.05, 0.1) is 7.11 Å². The Bertz CT molecular complexity index is 1060. The van der Waals surface area contributed by atoms with E-state index in [9.17, 15) is 14.0 Å². The van der Waals surface area contributed by atoms with Crippen LogP contribution in [0.4, 0.5) is 4.39 Å². The van der Waals surface area contributed by atoms with Gasteiger partial charge in [0.2, 0.25) is 0 Å². The van der Waals surface area contributed by atoms with Crippen LogP contribution in [0.15, 0.2) is 48.5 Å². The van der Waals surface area contributed by atoms with E-state index >= 15 is 0 Å². The summed E-state index contributed by atoms with van der Waals surface area (Å²) < 4.78 is 25.0. The maximum absolute atomic E-state index is 13.8. The maximum atomic E-state index is 13.8. The molecule has 1 aromatic heterocycles. The third kappa shape index (κ3) is 4.70. The van der Waals surface area contributed by atoms with Crippen molar-refractivity contribution in [2.45, 2.75) is 6.92 Å². The van der Waals surface area contributed by atoms with E-state index in [1.165, 1.54) is 23.9 Å². The molecule has 0 aliphatic heterocycles. The van der Waals surface area contributed by atoms with Crippen LogP contribution in [0.25, 0.3) is 11.8 Å². The first kappa shape index (κ1) is 19.9. The number of aromatic nitrogens is 4. The van der Waals surface area contributed by atoms with E-state index in [2.05, 4.69) is 15.5 Å². The number of methoxy groups -OCH3 is 1. The second-order valence-electron chi connectivity index (χ2n) is 5.93. The number of carbonyl (C=O) groups is 2. The molecule has 8 nitrogen and oxygen atoms in total. The molecule has 0 fully saturated rings. The minimum absolute atomic E-state index is 0.0146. The van der Waals surface area contributed by atoms with Crippen molar-refractivity contribution in [2.75, 3.05) is 13.7 Å². The SMILES string of the molecule is COc1ccc(C(=O)COC(=O)/C(=C/c2ccccc2)n2nnnc2C)cc1F. The summed E-state index contributed by atoms with van der Waals surface area (Å²) in [7, 11) is 1.32. The number of tetrazole rings is 1. The first-order valence-electron chi connectivity index (χ1n) is 8.55. The van der Waals surface area contributed by atoms with Crippen molar-refractivity contribution in [3.63, 3.8) is 0 Å². The van der Waals surface area contributed by atoms with Gasteiger partial charge in [-0.1, -0.05) is 30.3 Å². The molecule has 148 valence electrons. The Balaban J connectivity index is 1.79. The van der Waals surface area contributed by atoms with Crippen LogP contribution in [0.2, 0.25) is 0 Å². The number of ketones is 1. The minimum Gasteiger partial charge on any atom is -0.494 e. The molecule has 0 aliphatic rings. The average molecular weight is 396 g/mol. The average Bonchev–Trinajstić information content (AvgIpc) is 3.16. The molecule has 1 heterocycles. The lowest BCUT2D eigenvalue weighted by molar-refractivity contribution is -0.136. The summed E-state index contributed by atoms with van der Waals surface area (Å²) in [5.41, 5.74) is 0.814. The van der Waals surface area contributed by atoms with Gasteiger partial charge in [-0.25, -0.2) is 9.18 Å². The Labute approximate surface area is 165 Å². The van der Waals surface area contributed by atoms with Gasteiger partial charge in [0.15, 0.2) is 35.5 Å². The first-order valence-corrected chi connectivity index (χ1v) is 8.55. The second-order valence-corrected chi connectivity index (χ2v) is 5.93. The fraction of sp³-hybridized carbons (Fsp3) is 0.150. The molecular weight excluding hydrogens is 379 g/mol. The standard InChI is InChI=1S/C20H17FN4O4/c1-13-22-23-24-25(13)17(10-14-6-4-3-5-7-14)20(27)29-12-18(26)15-8-9-19(28-2)16(21)11-15/h3-11H,12H2,1-2H3/b17-10-. The molecule has 2 aromatic carbocycles. The zero-order chi connectivity index (χ0) is 20.8. The van der Waals surface area contributed by atoms with E-state index in [0.717, 1.165) is 11.6 Å². The number of ether oxygens (including phenoxy) is 2. The minimum atomic E-state index is -0.799. The number of nitrogens with zero attached hydrogens (tertiary/aromatic N) is 4. The highest BCUT2D eigenvalue weighted by atomic mass is 19.1. The van der Waals surface area contributed by atoms with Crippen LogP contribution >= 0.6 is 0 Å². The van der Waals surface area contributed by atoms with E-state index in [1.807, 2.05) is 18.2 Å². The van der Waals surface area contributed by atoms with E-state index in [0.29, 0.717) is 5.82 Å². The quantitative estimate of drug-likeness (QED) is 0.344. The number of hydrogen-bond donors (Lipinski definition) is 0. The van der Waals surface area contributed by atoms with E-state index in [-0.39, 0.29) is 17.0 Å². The monoisotopic (exact) mass is 396 g/mol. The van der Waals surface area contributed by atoms with Crippen molar-refractivity contribution in [3.8, 4) is 5.75 Å². The first-order chi connectivity index (χ1) is 14.0. The van der Waals surface area contributed by atoms with Crippen LogP contribution in [0.5, 0.6) is 5.75 Å². The molecule has 0 radical (unpaired) electrons. The summed E-state index contributed by atoms with van der Waals surface area (Å²) in [6, 6.07) is 12.8. The number of hydrogen-bond acceptors (Lipinski definition) is 7. The van der Waals surface area contributed by atoms with Crippen LogP contribution in [-0.2, 0) is 9.53 Å². The topological polar surface area (TPSA) is 96.2 Å². The van der Waals surface area contributed by atoms with Crippen LogP contribution in [0.3, 0.4) is 0 Å². The summed E-state index contributed by atoms with van der Waals surface area (Å²) in [6.45, 7) is 1.05. The number of aryl methyl sites for hydroxylation is 1. The largest absolute Gasteiger partial charge is 0.494 e. The number of benzene rings is 2. The molecule has 29 heavy (non-hydrogen) atoms. The molecule has 0 saturated heterocycles. The molecule has 0 unspecified atom stereocenters. The Kier molecular flexibility index (Phi) is 6.08. The molecule has 0 N–H and O–H groups in total. The lowest BCUT2D eigenvalue weighted by Crippen LogP contribution is -2.19. The molecule has 0 aliphatic carbocycles. The zero-order valence-electron chi connectivity index (χ0n) is 15.7. The molecular formula is C20H17FN4O4. The van der Waals surface area contributed by atoms with Gasteiger partial charge in [-0.3, -0.25) is 4.79 Å². The summed E-state index contributed by atoms with van der Waals surface area (Å²) in [5.74, 6) is -1.66. The molecule has 3 aromatic rings. The van der Waals surface area contributed by atoms with Gasteiger partial charge in [-0.05, 0) is 47.2 Å². The van der Waals surface area contributed by atoms with Gasteiger partial charge in [0, 0.05) is 5.56 Å². The van der Waals surface area contributed by atoms with Crippen LogP contribution in [0, 0.1) is 12.7 Å². The van der Waals surface area contributed by atoms with Gasteiger partial charge in [-0.2, -0.15) is 4.68 Å². The summed E-state index contributed by atoms with van der Waals surface area (Å²) >= 11 is 0. The third-order valence-electron chi connectivity index (χ3n) is 3.97. The predicted octanol–water partition coefficient (Wildman–Crippen LogP) is 2.55. The lowest BCUT2D eigenvalue weighted by Gasteiger charge is -2.09. The molecule has 0 amide bonds. The molecule has 0 saturated carbocycles. The van der Waals surface area contributed by atoms with Crippen molar-refractivity contribution in [1.82, 2.24) is 20.2 Å². The highest BCUT2D eigenvalue weighted by Crippen LogP contribution is 2.18. The fourth-order valence-corrected chi connectivity index (χ4v) is 2.50. The van der Waals surface area contributed by atoms with Crippen LogP contribution < -0.4 is 4.74 Å². The summed E-state index contributed by atoms with van der Waals surface area (Å²) in [4.78, 5) is 24.9. The molecule has 9 heteroatoms. The van der Waals surface area contributed by atoms with Gasteiger partial charge < -0.3 is 9.47 Å². The Morgan fingerprint density at radius 2 is 1.93 bits per heavy atom. The lowest BCUT2D eigenvalue weighted by atomic mass is 10.1. The van der Waals surface area contributed by atoms with Crippen molar-refractivity contribution in [1.29, 1.82) is 0 Å². The number of esters is 1. The van der Waals surface area contributed by atoms with E-state index in [1.54, 1.807) is 25.1 Å². The number of carbonyl (C=O) groups excluding carboxylic acids is 2. The molecule has 0 spiro atoms. The van der Waals surface area contributed by atoms with E-state index < -0.39 is 24.2 Å². The van der Waals surface area contributed by atoms with E-state index in [4.69, 9.17) is 9.47 Å². The Morgan fingerprint density at radius 3 is 2.55 bits per heavy atom. The fourth-order valence-electron chi connectivity index (χ4n) is 2.50. The van der Waals surface area contributed by atoms with Gasteiger partial charge in [0.25, 0.3) is 0 Å². The van der Waals surface area contributed by atoms with Crippen LogP contribution in [0.1, 0.15) is 21.7 Å². The molecule has 3 rings (SSSR count). The van der Waals surface area contributed by atoms with Crippen molar-refractivity contribution < 1.29 is 23.5 Å². The molecule has 0 atom stereocenters. The Morgan fingerprint density at radius 1 is 1.17 bits per heavy atom. The van der Waals surface area contributed by atoms with Crippen molar-refractivity contribution in [3.05, 3.63) is 71.3 Å². The van der Waals surface area contributed by atoms with Crippen molar-refractivity contribution >= 4 is 23.5 Å². The maximum Gasteiger partial charge on any atom is 0.357 e. The number of rotatable bonds is 7. The molecule has 0 bridgehead atoms. The predicted molar refractivity (Wildman–Crippen MR) is 101 cm³/mol. The number of Topliss-reactive ketones (excluding diaryl/α,β-unsaturated/α-hetero) is 1.